The zero-order valence-electron chi connectivity index (χ0n) is 14.2. The average Bonchev–Trinajstić information content (AvgIpc) is 2.68. The number of anilines is 1. The van der Waals surface area contributed by atoms with E-state index >= 15 is 0 Å². The number of hydrogen-bond acceptors (Lipinski definition) is 3. The van der Waals surface area contributed by atoms with E-state index in [4.69, 9.17) is 11.6 Å². The van der Waals surface area contributed by atoms with Gasteiger partial charge >= 0.3 is 0 Å². The molecule has 0 aliphatic rings. The Morgan fingerprint density at radius 2 is 1.69 bits per heavy atom. The highest BCUT2D eigenvalue weighted by Crippen LogP contribution is 2.24. The molecule has 0 aliphatic heterocycles. The second-order valence-electron chi connectivity index (χ2n) is 5.63. The molecule has 3 rings (SSSR count). The Bertz CT molecular complexity index is 879. The van der Waals surface area contributed by atoms with Gasteiger partial charge in [0, 0.05) is 31.8 Å². The van der Waals surface area contributed by atoms with Crippen LogP contribution in [0.5, 0.6) is 0 Å². The van der Waals surface area contributed by atoms with Crippen molar-refractivity contribution in [2.24, 2.45) is 0 Å². The summed E-state index contributed by atoms with van der Waals surface area (Å²) in [6, 6.07) is 23.4. The van der Waals surface area contributed by atoms with Crippen LogP contribution in [0, 0.1) is 0 Å². The minimum absolute atomic E-state index is 0.0971. The molecule has 0 fully saturated rings. The van der Waals surface area contributed by atoms with E-state index in [1.165, 1.54) is 10.5 Å². The molecule has 0 radical (unpaired) electrons. The summed E-state index contributed by atoms with van der Waals surface area (Å²) in [7, 11) is 0. The highest BCUT2D eigenvalue weighted by atomic mass is 35.5. The van der Waals surface area contributed by atoms with Crippen molar-refractivity contribution in [2.45, 2.75) is 15.5 Å². The number of rotatable bonds is 6. The van der Waals surface area contributed by atoms with Crippen LogP contribution in [-0.2, 0) is 5.75 Å². The van der Waals surface area contributed by atoms with Gasteiger partial charge in [0.25, 0.3) is 5.91 Å². The molecule has 0 heterocycles. The monoisotopic (exact) mass is 399 g/mol. The molecule has 132 valence electrons. The highest BCUT2D eigenvalue weighted by molar-refractivity contribution is 7.98. The van der Waals surface area contributed by atoms with E-state index in [9.17, 15) is 4.79 Å². The largest absolute Gasteiger partial charge is 0.322 e. The number of carbonyl (C=O) groups is 1. The van der Waals surface area contributed by atoms with Crippen LogP contribution in [0.4, 0.5) is 5.69 Å². The molecule has 0 saturated heterocycles. The van der Waals surface area contributed by atoms with Gasteiger partial charge in [-0.2, -0.15) is 0 Å². The van der Waals surface area contributed by atoms with Gasteiger partial charge in [-0.1, -0.05) is 29.8 Å². The molecule has 3 aromatic carbocycles. The predicted molar refractivity (Wildman–Crippen MR) is 114 cm³/mol. The van der Waals surface area contributed by atoms with Gasteiger partial charge < -0.3 is 5.32 Å². The maximum absolute atomic E-state index is 12.4. The van der Waals surface area contributed by atoms with Crippen LogP contribution in [0.3, 0.4) is 0 Å². The van der Waals surface area contributed by atoms with Crippen LogP contribution < -0.4 is 5.32 Å². The fourth-order valence-corrected chi connectivity index (χ4v) is 3.79. The average molecular weight is 400 g/mol. The van der Waals surface area contributed by atoms with Gasteiger partial charge in [-0.3, -0.25) is 4.79 Å². The minimum atomic E-state index is -0.0971. The predicted octanol–water partition coefficient (Wildman–Crippen LogP) is 6.61. The Balaban J connectivity index is 1.59. The molecule has 3 aromatic rings. The Labute approximate surface area is 167 Å². The summed E-state index contributed by atoms with van der Waals surface area (Å²) in [4.78, 5) is 14.7. The van der Waals surface area contributed by atoms with Crippen LogP contribution in [0.25, 0.3) is 0 Å². The normalized spacial score (nSPS) is 10.5. The summed E-state index contributed by atoms with van der Waals surface area (Å²) in [6.07, 6.45) is 2.02. The third-order valence-corrected chi connectivity index (χ3v) is 5.82. The van der Waals surface area contributed by atoms with Gasteiger partial charge in [0.05, 0.1) is 0 Å². The van der Waals surface area contributed by atoms with E-state index < -0.39 is 0 Å². The van der Waals surface area contributed by atoms with Crippen molar-refractivity contribution in [3.8, 4) is 0 Å². The molecule has 5 heteroatoms. The molecular formula is C21H18ClNOS2. The van der Waals surface area contributed by atoms with Crippen LogP contribution in [-0.4, -0.2) is 12.2 Å². The SMILES string of the molecule is CSc1cccc(NC(=O)c2ccc(CSc3ccc(Cl)cc3)cc2)c1. The third-order valence-electron chi connectivity index (χ3n) is 3.76. The standard InChI is InChI=1S/C21H18ClNOS2/c1-25-20-4-2-3-18(13-20)23-21(24)16-7-5-15(6-8-16)14-26-19-11-9-17(22)10-12-19/h2-13H,14H2,1H3,(H,23,24). The van der Waals surface area contributed by atoms with Crippen molar-refractivity contribution in [3.05, 3.63) is 88.9 Å². The van der Waals surface area contributed by atoms with Gasteiger partial charge in [-0.05, 0) is 66.4 Å². The summed E-state index contributed by atoms with van der Waals surface area (Å²) in [5.74, 6) is 0.749. The van der Waals surface area contributed by atoms with Crippen LogP contribution in [0.1, 0.15) is 15.9 Å². The summed E-state index contributed by atoms with van der Waals surface area (Å²) in [5.41, 5.74) is 2.63. The van der Waals surface area contributed by atoms with E-state index in [0.29, 0.717) is 5.56 Å². The second-order valence-corrected chi connectivity index (χ2v) is 7.99. The Hall–Kier alpha value is -1.88. The maximum Gasteiger partial charge on any atom is 0.255 e. The molecule has 2 nitrogen and oxygen atoms in total. The lowest BCUT2D eigenvalue weighted by atomic mass is 10.1. The molecule has 0 aromatic heterocycles. The Morgan fingerprint density at radius 1 is 0.962 bits per heavy atom. The van der Waals surface area contributed by atoms with Gasteiger partial charge in [0.15, 0.2) is 0 Å². The molecule has 0 bridgehead atoms. The fraction of sp³-hybridized carbons (Fsp3) is 0.0952. The lowest BCUT2D eigenvalue weighted by Gasteiger charge is -2.08. The molecule has 0 unspecified atom stereocenters. The highest BCUT2D eigenvalue weighted by Gasteiger charge is 2.07. The van der Waals surface area contributed by atoms with Crippen molar-refractivity contribution in [3.63, 3.8) is 0 Å². The lowest BCUT2D eigenvalue weighted by Crippen LogP contribution is -2.11. The topological polar surface area (TPSA) is 29.1 Å². The zero-order chi connectivity index (χ0) is 18.4. The van der Waals surface area contributed by atoms with E-state index in [1.54, 1.807) is 23.5 Å². The number of halogens is 1. The Kier molecular flexibility index (Phi) is 6.67. The first-order valence-corrected chi connectivity index (χ1v) is 10.7. The number of carbonyl (C=O) groups excluding carboxylic acids is 1. The van der Waals surface area contributed by atoms with Crippen molar-refractivity contribution in [1.29, 1.82) is 0 Å². The number of benzene rings is 3. The lowest BCUT2D eigenvalue weighted by molar-refractivity contribution is 0.102. The van der Waals surface area contributed by atoms with Gasteiger partial charge in [-0.15, -0.1) is 23.5 Å². The molecule has 1 N–H and O–H groups in total. The molecular weight excluding hydrogens is 382 g/mol. The van der Waals surface area contributed by atoms with Crippen molar-refractivity contribution < 1.29 is 4.79 Å². The van der Waals surface area contributed by atoms with Gasteiger partial charge in [0.2, 0.25) is 0 Å². The van der Waals surface area contributed by atoms with Crippen molar-refractivity contribution in [1.82, 2.24) is 0 Å². The van der Waals surface area contributed by atoms with Crippen molar-refractivity contribution >= 4 is 46.7 Å². The van der Waals surface area contributed by atoms with Gasteiger partial charge in [0.1, 0.15) is 0 Å². The summed E-state index contributed by atoms with van der Waals surface area (Å²) in [5, 5.41) is 3.69. The smallest absolute Gasteiger partial charge is 0.255 e. The number of hydrogen-bond donors (Lipinski definition) is 1. The van der Waals surface area contributed by atoms with Crippen LogP contribution in [0.2, 0.25) is 5.02 Å². The first-order valence-electron chi connectivity index (χ1n) is 8.07. The maximum atomic E-state index is 12.4. The summed E-state index contributed by atoms with van der Waals surface area (Å²) >= 11 is 9.30. The fourth-order valence-electron chi connectivity index (χ4n) is 2.35. The Morgan fingerprint density at radius 3 is 2.38 bits per heavy atom. The van der Waals surface area contributed by atoms with Crippen LogP contribution in [0.15, 0.2) is 82.6 Å². The molecule has 26 heavy (non-hydrogen) atoms. The summed E-state index contributed by atoms with van der Waals surface area (Å²) in [6.45, 7) is 0. The number of thioether (sulfide) groups is 2. The third kappa shape index (κ3) is 5.31. The zero-order valence-corrected chi connectivity index (χ0v) is 16.6. The quantitative estimate of drug-likeness (QED) is 0.473. The van der Waals surface area contributed by atoms with E-state index in [1.807, 2.05) is 79.1 Å². The van der Waals surface area contributed by atoms with E-state index in [2.05, 4.69) is 5.32 Å². The molecule has 0 saturated carbocycles. The molecule has 0 spiro atoms. The molecule has 1 amide bonds. The minimum Gasteiger partial charge on any atom is -0.322 e. The second kappa shape index (κ2) is 9.17. The molecule has 0 aliphatic carbocycles. The summed E-state index contributed by atoms with van der Waals surface area (Å²) < 4.78 is 0. The van der Waals surface area contributed by atoms with E-state index in [0.717, 1.165) is 21.4 Å². The number of nitrogens with one attached hydrogen (secondary N) is 1. The number of amides is 1. The van der Waals surface area contributed by atoms with Crippen molar-refractivity contribution in [2.75, 3.05) is 11.6 Å². The van der Waals surface area contributed by atoms with Crippen LogP contribution >= 0.6 is 35.1 Å². The van der Waals surface area contributed by atoms with Gasteiger partial charge in [-0.25, -0.2) is 0 Å². The molecule has 0 atom stereocenters. The van der Waals surface area contributed by atoms with E-state index in [-0.39, 0.29) is 5.91 Å². The first-order chi connectivity index (χ1) is 12.6. The first kappa shape index (κ1) is 18.9.